The van der Waals surface area contributed by atoms with Crippen molar-refractivity contribution in [2.45, 2.75) is 39.3 Å². The molecule has 1 aromatic rings. The molecule has 4 nitrogen and oxygen atoms in total. The van der Waals surface area contributed by atoms with Crippen molar-refractivity contribution in [3.8, 4) is 11.8 Å². The van der Waals surface area contributed by atoms with Gasteiger partial charge >= 0.3 is 0 Å². The van der Waals surface area contributed by atoms with Gasteiger partial charge in [0.25, 0.3) is 0 Å². The van der Waals surface area contributed by atoms with E-state index < -0.39 is 0 Å². The van der Waals surface area contributed by atoms with Gasteiger partial charge in [0, 0.05) is 6.54 Å². The summed E-state index contributed by atoms with van der Waals surface area (Å²) in [7, 11) is 0. The Bertz CT molecular complexity index is 331. The van der Waals surface area contributed by atoms with E-state index in [1.807, 2.05) is 6.92 Å². The Labute approximate surface area is 84.5 Å². The van der Waals surface area contributed by atoms with Crippen LogP contribution in [0.15, 0.2) is 6.33 Å². The summed E-state index contributed by atoms with van der Waals surface area (Å²) in [6.45, 7) is 4.88. The Kier molecular flexibility index (Phi) is 4.14. The summed E-state index contributed by atoms with van der Waals surface area (Å²) in [5.41, 5.74) is 5.76. The number of nitrogens with zero attached hydrogens (tertiary/aromatic N) is 3. The van der Waals surface area contributed by atoms with E-state index in [9.17, 15) is 0 Å². The average Bonchev–Trinajstić information content (AvgIpc) is 2.62. The number of nitrogens with two attached hydrogens (primary N) is 1. The summed E-state index contributed by atoms with van der Waals surface area (Å²) in [6, 6.07) is -0.0537. The Morgan fingerprint density at radius 1 is 1.57 bits per heavy atom. The zero-order chi connectivity index (χ0) is 10.4. The molecule has 0 aliphatic rings. The predicted molar refractivity (Wildman–Crippen MR) is 55.5 cm³/mol. The monoisotopic (exact) mass is 192 g/mol. The highest BCUT2D eigenvalue weighted by molar-refractivity contribution is 5.22. The maximum atomic E-state index is 5.76. The van der Waals surface area contributed by atoms with Gasteiger partial charge in [-0.2, -0.15) is 5.10 Å². The van der Waals surface area contributed by atoms with E-state index in [-0.39, 0.29) is 6.04 Å². The molecule has 1 aromatic heterocycles. The maximum absolute atomic E-state index is 5.76. The molecule has 0 fully saturated rings. The lowest BCUT2D eigenvalue weighted by Gasteiger charge is -1.99. The molecule has 0 aliphatic carbocycles. The van der Waals surface area contributed by atoms with Gasteiger partial charge in [0.15, 0.2) is 0 Å². The molecule has 0 radical (unpaired) electrons. The third-order valence-corrected chi connectivity index (χ3v) is 1.88. The Morgan fingerprint density at radius 2 is 2.36 bits per heavy atom. The van der Waals surface area contributed by atoms with E-state index in [2.05, 4.69) is 28.8 Å². The number of hydrogen-bond acceptors (Lipinski definition) is 3. The van der Waals surface area contributed by atoms with Crippen molar-refractivity contribution in [3.05, 3.63) is 12.2 Å². The van der Waals surface area contributed by atoms with Gasteiger partial charge in [0.1, 0.15) is 6.33 Å². The zero-order valence-electron chi connectivity index (χ0n) is 8.70. The third kappa shape index (κ3) is 2.86. The summed E-state index contributed by atoms with van der Waals surface area (Å²) in [4.78, 5) is 4.04. The number of aryl methyl sites for hydroxylation is 1. The van der Waals surface area contributed by atoms with Crippen LogP contribution in [-0.4, -0.2) is 20.8 Å². The minimum Gasteiger partial charge on any atom is -0.318 e. The van der Waals surface area contributed by atoms with Gasteiger partial charge in [-0.25, -0.2) is 9.67 Å². The number of hydrogen-bond donors (Lipinski definition) is 1. The first-order valence-corrected chi connectivity index (χ1v) is 4.92. The molecule has 4 heteroatoms. The molecule has 1 atom stereocenters. The summed E-state index contributed by atoms with van der Waals surface area (Å²) >= 11 is 0. The highest BCUT2D eigenvalue weighted by Crippen LogP contribution is 1.93. The second-order valence-corrected chi connectivity index (χ2v) is 3.06. The Balaban J connectivity index is 2.66. The normalized spacial score (nSPS) is 11.9. The van der Waals surface area contributed by atoms with Gasteiger partial charge in [-0.05, 0) is 19.3 Å². The van der Waals surface area contributed by atoms with Crippen LogP contribution < -0.4 is 5.73 Å². The molecule has 1 unspecified atom stereocenters. The SMILES string of the molecule is CCCC(N)C#Cc1ncnn1CC. The fraction of sp³-hybridized carbons (Fsp3) is 0.600. The van der Waals surface area contributed by atoms with Crippen LogP contribution in [0.5, 0.6) is 0 Å². The highest BCUT2D eigenvalue weighted by Gasteiger charge is 1.98. The lowest BCUT2D eigenvalue weighted by atomic mass is 10.2. The van der Waals surface area contributed by atoms with E-state index in [0.717, 1.165) is 19.4 Å². The molecule has 1 heterocycles. The molecule has 0 bridgehead atoms. The summed E-state index contributed by atoms with van der Waals surface area (Å²) < 4.78 is 1.76. The highest BCUT2D eigenvalue weighted by atomic mass is 15.3. The maximum Gasteiger partial charge on any atom is 0.203 e. The molecule has 14 heavy (non-hydrogen) atoms. The van der Waals surface area contributed by atoms with E-state index in [1.54, 1.807) is 4.68 Å². The van der Waals surface area contributed by atoms with E-state index in [0.29, 0.717) is 5.82 Å². The van der Waals surface area contributed by atoms with Crippen LogP contribution >= 0.6 is 0 Å². The van der Waals surface area contributed by atoms with Crippen LogP contribution in [-0.2, 0) is 6.54 Å². The first-order valence-electron chi connectivity index (χ1n) is 4.92. The lowest BCUT2D eigenvalue weighted by Crippen LogP contribution is -2.16. The van der Waals surface area contributed by atoms with Gasteiger partial charge in [-0.15, -0.1) is 0 Å². The van der Waals surface area contributed by atoms with Crippen LogP contribution in [0.2, 0.25) is 0 Å². The van der Waals surface area contributed by atoms with Gasteiger partial charge in [0.05, 0.1) is 6.04 Å². The molecule has 2 N–H and O–H groups in total. The first kappa shape index (κ1) is 10.7. The van der Waals surface area contributed by atoms with Crippen LogP contribution in [0.3, 0.4) is 0 Å². The van der Waals surface area contributed by atoms with Crippen molar-refractivity contribution in [3.63, 3.8) is 0 Å². The third-order valence-electron chi connectivity index (χ3n) is 1.88. The minimum absolute atomic E-state index is 0.0537. The van der Waals surface area contributed by atoms with E-state index in [4.69, 9.17) is 5.73 Å². The minimum atomic E-state index is -0.0537. The van der Waals surface area contributed by atoms with Gasteiger partial charge in [-0.1, -0.05) is 19.3 Å². The first-order chi connectivity index (χ1) is 6.77. The molecule has 1 rings (SSSR count). The van der Waals surface area contributed by atoms with Crippen molar-refractivity contribution in [2.24, 2.45) is 5.73 Å². The summed E-state index contributed by atoms with van der Waals surface area (Å²) in [6.07, 6.45) is 3.49. The van der Waals surface area contributed by atoms with Crippen LogP contribution in [0, 0.1) is 11.8 Å². The molecule has 0 saturated heterocycles. The van der Waals surface area contributed by atoms with Crippen molar-refractivity contribution < 1.29 is 0 Å². The predicted octanol–water partition coefficient (Wildman–Crippen LogP) is 0.777. The quantitative estimate of drug-likeness (QED) is 0.720. The molecule has 0 saturated carbocycles. The van der Waals surface area contributed by atoms with Crippen LogP contribution in [0.1, 0.15) is 32.5 Å². The van der Waals surface area contributed by atoms with Crippen molar-refractivity contribution in [1.29, 1.82) is 0 Å². The standard InChI is InChI=1S/C10H16N4/c1-3-5-9(11)6-7-10-12-8-13-14(10)4-2/h8-9H,3-5,11H2,1-2H3. The fourth-order valence-electron chi connectivity index (χ4n) is 1.13. The second kappa shape index (κ2) is 5.40. The molecular weight excluding hydrogens is 176 g/mol. The van der Waals surface area contributed by atoms with Gasteiger partial charge in [-0.3, -0.25) is 0 Å². The molecular formula is C10H16N4. The van der Waals surface area contributed by atoms with Gasteiger partial charge in [0.2, 0.25) is 5.82 Å². The van der Waals surface area contributed by atoms with Crippen molar-refractivity contribution in [1.82, 2.24) is 14.8 Å². The largest absolute Gasteiger partial charge is 0.318 e. The van der Waals surface area contributed by atoms with Crippen molar-refractivity contribution in [2.75, 3.05) is 0 Å². The Hall–Kier alpha value is -1.34. The molecule has 0 aromatic carbocycles. The van der Waals surface area contributed by atoms with E-state index >= 15 is 0 Å². The number of rotatable bonds is 3. The van der Waals surface area contributed by atoms with E-state index in [1.165, 1.54) is 6.33 Å². The molecule has 0 amide bonds. The smallest absolute Gasteiger partial charge is 0.203 e. The molecule has 0 aliphatic heterocycles. The molecule has 0 spiro atoms. The lowest BCUT2D eigenvalue weighted by molar-refractivity contribution is 0.649. The summed E-state index contributed by atoms with van der Waals surface area (Å²) in [5.74, 6) is 6.60. The number of aromatic nitrogens is 3. The van der Waals surface area contributed by atoms with Crippen molar-refractivity contribution >= 4 is 0 Å². The summed E-state index contributed by atoms with van der Waals surface area (Å²) in [5, 5.41) is 4.02. The Morgan fingerprint density at radius 3 is 3.00 bits per heavy atom. The average molecular weight is 192 g/mol. The molecule has 76 valence electrons. The van der Waals surface area contributed by atoms with Gasteiger partial charge < -0.3 is 5.73 Å². The fourth-order valence-corrected chi connectivity index (χ4v) is 1.13. The van der Waals surface area contributed by atoms with Crippen LogP contribution in [0.4, 0.5) is 0 Å². The topological polar surface area (TPSA) is 56.7 Å². The zero-order valence-corrected chi connectivity index (χ0v) is 8.70. The second-order valence-electron chi connectivity index (χ2n) is 3.06. The van der Waals surface area contributed by atoms with Crippen LogP contribution in [0.25, 0.3) is 0 Å².